The Labute approximate surface area is 166 Å². The first kappa shape index (κ1) is 20.4. The molecule has 2 heterocycles. The average Bonchev–Trinajstić information content (AvgIpc) is 3.12. The van der Waals surface area contributed by atoms with Gasteiger partial charge < -0.3 is 15.0 Å². The molecule has 1 atom stereocenters. The number of benzene rings is 1. The number of likely N-dealkylation sites (tertiary alicyclic amines) is 1. The van der Waals surface area contributed by atoms with E-state index in [0.717, 1.165) is 57.3 Å². The Morgan fingerprint density at radius 3 is 2.74 bits per heavy atom. The molecule has 0 spiro atoms. The van der Waals surface area contributed by atoms with E-state index in [-0.39, 0.29) is 11.2 Å². The first-order chi connectivity index (χ1) is 12.9. The number of rotatable bonds is 4. The van der Waals surface area contributed by atoms with E-state index in [1.54, 1.807) is 6.07 Å². The number of ether oxygens (including phenoxy) is 1. The van der Waals surface area contributed by atoms with E-state index >= 15 is 0 Å². The van der Waals surface area contributed by atoms with Gasteiger partial charge in [0.25, 0.3) is 0 Å². The maximum Gasteiger partial charge on any atom is 0.193 e. The summed E-state index contributed by atoms with van der Waals surface area (Å²) < 4.78 is 18.8. The van der Waals surface area contributed by atoms with E-state index in [1.165, 1.54) is 12.1 Å². The Bertz CT molecular complexity index is 676. The summed E-state index contributed by atoms with van der Waals surface area (Å²) in [6, 6.07) is 5.17. The molecule has 2 fully saturated rings. The predicted octanol–water partition coefficient (Wildman–Crippen LogP) is 2.74. The standard InChI is InChI=1S/C20H30ClFN4O/c1-20(2,17-5-4-15(22)12-18(17)21)14-24-19(23-3)26-7-6-16(13-26)25-8-10-27-11-9-25/h4-5,12,16H,6-11,13-14H2,1-3H3,(H,23,24). The van der Waals surface area contributed by atoms with Crippen LogP contribution in [0.15, 0.2) is 23.2 Å². The minimum Gasteiger partial charge on any atom is -0.379 e. The van der Waals surface area contributed by atoms with Crippen molar-refractivity contribution < 1.29 is 9.13 Å². The molecule has 0 saturated carbocycles. The minimum absolute atomic E-state index is 0.246. The van der Waals surface area contributed by atoms with Gasteiger partial charge in [-0.3, -0.25) is 9.89 Å². The highest BCUT2D eigenvalue weighted by Gasteiger charge is 2.31. The maximum absolute atomic E-state index is 13.4. The van der Waals surface area contributed by atoms with Crippen LogP contribution in [0.5, 0.6) is 0 Å². The van der Waals surface area contributed by atoms with Gasteiger partial charge in [-0.2, -0.15) is 0 Å². The molecule has 3 rings (SSSR count). The van der Waals surface area contributed by atoms with E-state index < -0.39 is 0 Å². The van der Waals surface area contributed by atoms with Crippen LogP contribution in [-0.4, -0.2) is 74.8 Å². The van der Waals surface area contributed by atoms with E-state index in [2.05, 4.69) is 34.0 Å². The lowest BCUT2D eigenvalue weighted by Gasteiger charge is -2.33. The molecule has 7 heteroatoms. The van der Waals surface area contributed by atoms with Crippen molar-refractivity contribution in [3.8, 4) is 0 Å². The third kappa shape index (κ3) is 4.92. The van der Waals surface area contributed by atoms with Crippen LogP contribution in [-0.2, 0) is 10.2 Å². The van der Waals surface area contributed by atoms with Crippen molar-refractivity contribution in [1.29, 1.82) is 0 Å². The van der Waals surface area contributed by atoms with Crippen molar-refractivity contribution >= 4 is 17.6 Å². The molecular weight excluding hydrogens is 367 g/mol. The van der Waals surface area contributed by atoms with Crippen LogP contribution < -0.4 is 5.32 Å². The smallest absolute Gasteiger partial charge is 0.193 e. The zero-order valence-corrected chi connectivity index (χ0v) is 17.2. The molecule has 0 aliphatic carbocycles. The molecule has 0 amide bonds. The Balaban J connectivity index is 1.59. The third-order valence-electron chi connectivity index (χ3n) is 5.59. The summed E-state index contributed by atoms with van der Waals surface area (Å²) in [5.74, 6) is 0.603. The molecule has 1 N–H and O–H groups in total. The lowest BCUT2D eigenvalue weighted by molar-refractivity contribution is 0.0195. The topological polar surface area (TPSA) is 40.1 Å². The first-order valence-electron chi connectivity index (χ1n) is 9.63. The Kier molecular flexibility index (Phi) is 6.61. The largest absolute Gasteiger partial charge is 0.379 e. The maximum atomic E-state index is 13.4. The van der Waals surface area contributed by atoms with Gasteiger partial charge in [-0.1, -0.05) is 31.5 Å². The van der Waals surface area contributed by atoms with Crippen LogP contribution >= 0.6 is 11.6 Å². The molecule has 1 aromatic rings. The van der Waals surface area contributed by atoms with Gasteiger partial charge in [0.05, 0.1) is 13.2 Å². The molecule has 1 unspecified atom stereocenters. The molecule has 2 saturated heterocycles. The Morgan fingerprint density at radius 1 is 1.33 bits per heavy atom. The summed E-state index contributed by atoms with van der Waals surface area (Å²) in [6.45, 7) is 10.5. The van der Waals surface area contributed by atoms with Crippen molar-refractivity contribution in [2.45, 2.75) is 31.7 Å². The van der Waals surface area contributed by atoms with Gasteiger partial charge in [0.15, 0.2) is 5.96 Å². The van der Waals surface area contributed by atoms with Crippen LogP contribution in [0, 0.1) is 5.82 Å². The number of nitrogens with zero attached hydrogens (tertiary/aromatic N) is 3. The number of aliphatic imine (C=N–C) groups is 1. The highest BCUT2D eigenvalue weighted by molar-refractivity contribution is 6.31. The summed E-state index contributed by atoms with van der Waals surface area (Å²) in [4.78, 5) is 9.33. The van der Waals surface area contributed by atoms with Crippen LogP contribution in [0.2, 0.25) is 5.02 Å². The van der Waals surface area contributed by atoms with Crippen LogP contribution in [0.4, 0.5) is 4.39 Å². The van der Waals surface area contributed by atoms with Gasteiger partial charge in [0.2, 0.25) is 0 Å². The minimum atomic E-state index is -0.311. The number of nitrogens with one attached hydrogen (secondary N) is 1. The van der Waals surface area contributed by atoms with E-state index in [1.807, 2.05) is 7.05 Å². The Hall–Kier alpha value is -1.37. The van der Waals surface area contributed by atoms with Crippen molar-refractivity contribution in [1.82, 2.24) is 15.1 Å². The van der Waals surface area contributed by atoms with Crippen LogP contribution in [0.1, 0.15) is 25.8 Å². The monoisotopic (exact) mass is 396 g/mol. The van der Waals surface area contributed by atoms with Crippen LogP contribution in [0.3, 0.4) is 0 Å². The second kappa shape index (κ2) is 8.76. The van der Waals surface area contributed by atoms with Crippen molar-refractivity contribution in [2.75, 3.05) is 53.0 Å². The summed E-state index contributed by atoms with van der Waals surface area (Å²) in [7, 11) is 1.82. The fraction of sp³-hybridized carbons (Fsp3) is 0.650. The normalized spacial score (nSPS) is 22.3. The molecule has 1 aromatic carbocycles. The van der Waals surface area contributed by atoms with Gasteiger partial charge >= 0.3 is 0 Å². The highest BCUT2D eigenvalue weighted by atomic mass is 35.5. The summed E-state index contributed by atoms with van der Waals surface area (Å²) in [5, 5.41) is 3.96. The van der Waals surface area contributed by atoms with E-state index in [4.69, 9.17) is 16.3 Å². The fourth-order valence-corrected chi connectivity index (χ4v) is 4.36. The zero-order valence-electron chi connectivity index (χ0n) is 16.5. The van der Waals surface area contributed by atoms with Crippen molar-refractivity contribution in [3.63, 3.8) is 0 Å². The Morgan fingerprint density at radius 2 is 2.07 bits per heavy atom. The predicted molar refractivity (Wildman–Crippen MR) is 108 cm³/mol. The lowest BCUT2D eigenvalue weighted by Crippen LogP contribution is -2.48. The molecule has 0 radical (unpaired) electrons. The number of morpholine rings is 1. The summed E-state index contributed by atoms with van der Waals surface area (Å²) in [5.41, 5.74) is 0.686. The first-order valence-corrected chi connectivity index (χ1v) is 10.0. The summed E-state index contributed by atoms with van der Waals surface area (Å²) in [6.07, 6.45) is 1.15. The fourth-order valence-electron chi connectivity index (χ4n) is 3.94. The second-order valence-electron chi connectivity index (χ2n) is 7.95. The lowest BCUT2D eigenvalue weighted by atomic mass is 9.84. The molecule has 2 aliphatic heterocycles. The second-order valence-corrected chi connectivity index (χ2v) is 8.35. The van der Waals surface area contributed by atoms with Gasteiger partial charge in [-0.25, -0.2) is 4.39 Å². The molecule has 0 bridgehead atoms. The van der Waals surface area contributed by atoms with Crippen LogP contribution in [0.25, 0.3) is 0 Å². The number of guanidine groups is 1. The zero-order chi connectivity index (χ0) is 19.4. The molecule has 5 nitrogen and oxygen atoms in total. The third-order valence-corrected chi connectivity index (χ3v) is 5.90. The number of hydrogen-bond donors (Lipinski definition) is 1. The molecule has 0 aromatic heterocycles. The van der Waals surface area contributed by atoms with E-state index in [0.29, 0.717) is 17.6 Å². The molecule has 2 aliphatic rings. The van der Waals surface area contributed by atoms with Gasteiger partial charge in [-0.05, 0) is 24.1 Å². The SMILES string of the molecule is CN=C(NCC(C)(C)c1ccc(F)cc1Cl)N1CCC(N2CCOCC2)C1. The average molecular weight is 397 g/mol. The molecule has 27 heavy (non-hydrogen) atoms. The van der Waals surface area contributed by atoms with Gasteiger partial charge in [0, 0.05) is 56.3 Å². The molecule has 150 valence electrons. The van der Waals surface area contributed by atoms with Crippen molar-refractivity contribution in [3.05, 3.63) is 34.6 Å². The number of hydrogen-bond acceptors (Lipinski definition) is 3. The van der Waals surface area contributed by atoms with Gasteiger partial charge in [0.1, 0.15) is 5.82 Å². The summed E-state index contributed by atoms with van der Waals surface area (Å²) >= 11 is 6.27. The molecular formula is C20H30ClFN4O. The number of halogens is 2. The van der Waals surface area contributed by atoms with E-state index in [9.17, 15) is 4.39 Å². The highest BCUT2D eigenvalue weighted by Crippen LogP contribution is 2.30. The van der Waals surface area contributed by atoms with Gasteiger partial charge in [-0.15, -0.1) is 0 Å². The quantitative estimate of drug-likeness (QED) is 0.627. The van der Waals surface area contributed by atoms with Crippen molar-refractivity contribution in [2.24, 2.45) is 4.99 Å².